The molecule has 4 heterocycles. The maximum Gasteiger partial charge on any atom is 0.227 e. The number of rotatable bonds is 5. The van der Waals surface area contributed by atoms with E-state index in [1.165, 1.54) is 16.8 Å². The maximum atomic E-state index is 12.8. The summed E-state index contributed by atoms with van der Waals surface area (Å²) >= 11 is 0. The van der Waals surface area contributed by atoms with E-state index in [-0.39, 0.29) is 12.1 Å². The lowest BCUT2D eigenvalue weighted by Gasteiger charge is -2.42. The molecule has 0 spiro atoms. The van der Waals surface area contributed by atoms with Crippen molar-refractivity contribution in [1.82, 2.24) is 19.9 Å². The van der Waals surface area contributed by atoms with E-state index in [0.29, 0.717) is 24.1 Å². The Morgan fingerprint density at radius 3 is 2.66 bits per heavy atom. The van der Waals surface area contributed by atoms with Gasteiger partial charge in [0.2, 0.25) is 5.95 Å². The summed E-state index contributed by atoms with van der Waals surface area (Å²) in [7, 11) is -1.10. The summed E-state index contributed by atoms with van der Waals surface area (Å²) < 4.78 is 12.8. The normalized spacial score (nSPS) is 23.3. The molecule has 0 bridgehead atoms. The molecule has 1 saturated carbocycles. The lowest BCUT2D eigenvalue weighted by molar-refractivity contribution is 0.143. The molecule has 0 radical (unpaired) electrons. The molecule has 9 heteroatoms. The third-order valence-corrected chi connectivity index (χ3v) is 8.80. The predicted molar refractivity (Wildman–Crippen MR) is 123 cm³/mol. The molecule has 1 fully saturated rings. The van der Waals surface area contributed by atoms with Crippen LogP contribution in [0.15, 0.2) is 17.2 Å². The zero-order valence-corrected chi connectivity index (χ0v) is 19.0. The summed E-state index contributed by atoms with van der Waals surface area (Å²) in [6, 6.07) is 0. The number of nitrogens with one attached hydrogen (secondary N) is 1. The van der Waals surface area contributed by atoms with Crippen LogP contribution in [0.5, 0.6) is 0 Å². The van der Waals surface area contributed by atoms with Crippen LogP contribution in [0.1, 0.15) is 54.9 Å². The Morgan fingerprint density at radius 1 is 1.09 bits per heavy atom. The smallest absolute Gasteiger partial charge is 0.227 e. The average molecular weight is 453 g/mol. The van der Waals surface area contributed by atoms with E-state index in [2.05, 4.69) is 21.3 Å². The van der Waals surface area contributed by atoms with Crippen molar-refractivity contribution in [3.8, 4) is 0 Å². The molecular formula is C23H28N6O2S. The van der Waals surface area contributed by atoms with Gasteiger partial charge >= 0.3 is 0 Å². The van der Waals surface area contributed by atoms with Crippen LogP contribution in [0.25, 0.3) is 5.57 Å². The number of aromatic nitrogens is 4. The fourth-order valence-corrected chi connectivity index (χ4v) is 6.25. The van der Waals surface area contributed by atoms with Crippen LogP contribution in [0.2, 0.25) is 0 Å². The van der Waals surface area contributed by atoms with Crippen LogP contribution in [0.4, 0.5) is 11.8 Å². The zero-order chi connectivity index (χ0) is 21.7. The van der Waals surface area contributed by atoms with Gasteiger partial charge in [-0.3, -0.25) is 4.21 Å². The van der Waals surface area contributed by atoms with Gasteiger partial charge in [-0.15, -0.1) is 0 Å². The quantitative estimate of drug-likeness (QED) is 0.710. The van der Waals surface area contributed by atoms with Gasteiger partial charge in [-0.1, -0.05) is 6.08 Å². The van der Waals surface area contributed by atoms with Gasteiger partial charge in [0.1, 0.15) is 10.7 Å². The number of fused-ring (bicyclic) bond motifs is 2. The first-order valence-corrected chi connectivity index (χ1v) is 12.9. The summed E-state index contributed by atoms with van der Waals surface area (Å²) in [4.78, 5) is 21.9. The Kier molecular flexibility index (Phi) is 4.98. The van der Waals surface area contributed by atoms with E-state index < -0.39 is 10.8 Å². The first kappa shape index (κ1) is 20.2. The number of aliphatic hydroxyl groups is 1. The molecule has 8 nitrogen and oxygen atoms in total. The van der Waals surface area contributed by atoms with Crippen LogP contribution in [-0.2, 0) is 30.1 Å². The highest BCUT2D eigenvalue weighted by Crippen LogP contribution is 2.38. The molecule has 2 aliphatic heterocycles. The molecule has 168 valence electrons. The molecule has 4 aliphatic rings. The van der Waals surface area contributed by atoms with Crippen molar-refractivity contribution < 1.29 is 9.32 Å². The minimum absolute atomic E-state index is 0.0599. The van der Waals surface area contributed by atoms with E-state index in [0.717, 1.165) is 74.3 Å². The number of aryl methyl sites for hydroxylation is 3. The molecule has 0 amide bonds. The van der Waals surface area contributed by atoms with Crippen molar-refractivity contribution in [3.05, 3.63) is 35.0 Å². The van der Waals surface area contributed by atoms with Crippen LogP contribution < -0.4 is 10.2 Å². The van der Waals surface area contributed by atoms with Crippen molar-refractivity contribution in [1.29, 1.82) is 0 Å². The Labute approximate surface area is 190 Å². The van der Waals surface area contributed by atoms with E-state index in [1.807, 2.05) is 6.20 Å². The van der Waals surface area contributed by atoms with Gasteiger partial charge in [0.25, 0.3) is 0 Å². The number of hydrogen-bond acceptors (Lipinski definition) is 8. The minimum Gasteiger partial charge on any atom is -0.394 e. The number of anilines is 2. The fourth-order valence-electron chi connectivity index (χ4n) is 4.92. The van der Waals surface area contributed by atoms with E-state index >= 15 is 0 Å². The summed E-state index contributed by atoms with van der Waals surface area (Å²) in [6.07, 6.45) is 11.7. The Bertz CT molecular complexity index is 1120. The van der Waals surface area contributed by atoms with E-state index in [1.54, 1.807) is 0 Å². The minimum atomic E-state index is -1.10. The SMILES string of the molecule is O=[S@@]1CCCc2nc(N3CC=C(c4ncc5c(n4)CC5)CC3)nc(NC3(CO)CCC3)c21. The molecule has 6 rings (SSSR count). The average Bonchev–Trinajstić information content (AvgIpc) is 2.77. The number of hydrogen-bond donors (Lipinski definition) is 2. The second-order valence-electron chi connectivity index (χ2n) is 9.31. The third-order valence-electron chi connectivity index (χ3n) is 7.26. The Balaban J connectivity index is 1.29. The van der Waals surface area contributed by atoms with Crippen LogP contribution in [0.3, 0.4) is 0 Å². The zero-order valence-electron chi connectivity index (χ0n) is 18.1. The van der Waals surface area contributed by atoms with Gasteiger partial charge in [0.05, 0.1) is 28.6 Å². The molecule has 0 saturated heterocycles. The van der Waals surface area contributed by atoms with Gasteiger partial charge in [0.15, 0.2) is 5.82 Å². The monoisotopic (exact) mass is 452 g/mol. The topological polar surface area (TPSA) is 104 Å². The van der Waals surface area contributed by atoms with E-state index in [4.69, 9.17) is 15.0 Å². The molecular weight excluding hydrogens is 424 g/mol. The van der Waals surface area contributed by atoms with Crippen LogP contribution >= 0.6 is 0 Å². The van der Waals surface area contributed by atoms with Crippen LogP contribution in [-0.4, -0.2) is 60.2 Å². The van der Waals surface area contributed by atoms with Gasteiger partial charge in [-0.25, -0.2) is 15.0 Å². The van der Waals surface area contributed by atoms with Crippen molar-refractivity contribution in [3.63, 3.8) is 0 Å². The van der Waals surface area contributed by atoms with Gasteiger partial charge < -0.3 is 15.3 Å². The highest BCUT2D eigenvalue weighted by atomic mass is 32.2. The summed E-state index contributed by atoms with van der Waals surface area (Å²) in [5.41, 5.74) is 4.19. The Morgan fingerprint density at radius 2 is 2.00 bits per heavy atom. The second kappa shape index (κ2) is 7.88. The molecule has 32 heavy (non-hydrogen) atoms. The molecule has 0 aromatic carbocycles. The van der Waals surface area contributed by atoms with Gasteiger partial charge in [-0.05, 0) is 62.5 Å². The maximum absolute atomic E-state index is 12.8. The third kappa shape index (κ3) is 3.42. The molecule has 2 aliphatic carbocycles. The van der Waals surface area contributed by atoms with Gasteiger partial charge in [0, 0.05) is 30.7 Å². The lowest BCUT2D eigenvalue weighted by atomic mass is 9.77. The predicted octanol–water partition coefficient (Wildman–Crippen LogP) is 2.04. The van der Waals surface area contributed by atoms with Crippen molar-refractivity contribution >= 4 is 28.1 Å². The molecule has 2 aromatic rings. The standard InChI is InChI=1S/C23H28N6O2S/c30-14-23(8-2-9-23)28-21-19-18(3-1-12-32(19)31)26-22(27-21)29-10-6-15(7-11-29)20-24-13-16-4-5-17(16)25-20/h6,13,30H,1-5,7-12,14H2,(H,26,27,28)/t32-/m1/s1. The molecule has 2 N–H and O–H groups in total. The largest absolute Gasteiger partial charge is 0.394 e. The van der Waals surface area contributed by atoms with Gasteiger partial charge in [-0.2, -0.15) is 4.98 Å². The molecule has 0 unspecified atom stereocenters. The number of nitrogens with zero attached hydrogens (tertiary/aromatic N) is 5. The van der Waals surface area contributed by atoms with Crippen molar-refractivity contribution in [2.75, 3.05) is 35.7 Å². The summed E-state index contributed by atoms with van der Waals surface area (Å²) in [5, 5.41) is 13.4. The van der Waals surface area contributed by atoms with Crippen molar-refractivity contribution in [2.45, 2.75) is 61.8 Å². The summed E-state index contributed by atoms with van der Waals surface area (Å²) in [6.45, 7) is 1.55. The number of aliphatic hydroxyl groups excluding tert-OH is 1. The summed E-state index contributed by atoms with van der Waals surface area (Å²) in [5.74, 6) is 2.82. The first-order valence-electron chi connectivity index (χ1n) is 11.6. The Hall–Kier alpha value is -2.39. The van der Waals surface area contributed by atoms with Crippen LogP contribution in [0, 0.1) is 0 Å². The highest BCUT2D eigenvalue weighted by molar-refractivity contribution is 7.85. The fraction of sp³-hybridized carbons (Fsp3) is 0.565. The molecule has 1 atom stereocenters. The first-order chi connectivity index (χ1) is 15.6. The molecule has 2 aromatic heterocycles. The lowest BCUT2D eigenvalue weighted by Crippen LogP contribution is -2.49. The highest BCUT2D eigenvalue weighted by Gasteiger charge is 2.38. The van der Waals surface area contributed by atoms with Crippen molar-refractivity contribution in [2.24, 2.45) is 0 Å². The van der Waals surface area contributed by atoms with E-state index in [9.17, 15) is 9.32 Å². The second-order valence-corrected chi connectivity index (χ2v) is 10.8.